The number of rotatable bonds is 8. The van der Waals surface area contributed by atoms with Crippen molar-refractivity contribution >= 4 is 34.9 Å². The lowest BCUT2D eigenvalue weighted by Crippen LogP contribution is -2.46. The molecule has 1 atom stereocenters. The Morgan fingerprint density at radius 2 is 1.91 bits per heavy atom. The third kappa shape index (κ3) is 4.56. The van der Waals surface area contributed by atoms with Gasteiger partial charge in [-0.3, -0.25) is 14.5 Å². The summed E-state index contributed by atoms with van der Waals surface area (Å²) >= 11 is 5.34. The zero-order valence-electron chi connectivity index (χ0n) is 17.9. The van der Waals surface area contributed by atoms with Crippen molar-refractivity contribution in [3.8, 4) is 11.5 Å². The second kappa shape index (κ2) is 9.22. The number of hydrogen-bond acceptors (Lipinski definition) is 7. The SMILES string of the molecule is O=C(CCCCCN1C(=O)C2C=C3OCOC3=CC2=NC1=S)NCc1ccc2c(c1)OCO2. The van der Waals surface area contributed by atoms with Gasteiger partial charge in [0, 0.05) is 25.6 Å². The molecule has 1 unspecified atom stereocenters. The fraction of sp³-hybridized carbons (Fsp3) is 0.391. The van der Waals surface area contributed by atoms with Crippen molar-refractivity contribution in [2.45, 2.75) is 32.2 Å². The Hall–Kier alpha value is -3.40. The summed E-state index contributed by atoms with van der Waals surface area (Å²) in [5.41, 5.74) is 1.54. The lowest BCUT2D eigenvalue weighted by Gasteiger charge is -2.30. The first-order chi connectivity index (χ1) is 16.1. The van der Waals surface area contributed by atoms with E-state index in [0.717, 1.165) is 30.6 Å². The molecule has 0 saturated carbocycles. The normalized spacial score (nSPS) is 20.2. The van der Waals surface area contributed by atoms with Gasteiger partial charge in [0.1, 0.15) is 5.92 Å². The monoisotopic (exact) mass is 469 g/mol. The number of unbranched alkanes of at least 4 members (excludes halogenated alkanes) is 2. The molecular weight excluding hydrogens is 446 g/mol. The van der Waals surface area contributed by atoms with Crippen LogP contribution in [0.25, 0.3) is 0 Å². The first-order valence-corrected chi connectivity index (χ1v) is 11.3. The molecule has 4 aliphatic rings. The third-order valence-electron chi connectivity index (χ3n) is 5.79. The number of carbonyl (C=O) groups excluding carboxylic acids is 2. The van der Waals surface area contributed by atoms with Gasteiger partial charge in [0.25, 0.3) is 0 Å². The Morgan fingerprint density at radius 1 is 1.09 bits per heavy atom. The maximum absolute atomic E-state index is 12.9. The van der Waals surface area contributed by atoms with Crippen molar-refractivity contribution in [2.24, 2.45) is 10.9 Å². The van der Waals surface area contributed by atoms with Crippen LogP contribution in [0.5, 0.6) is 11.5 Å². The van der Waals surface area contributed by atoms with Gasteiger partial charge in [-0.2, -0.15) is 0 Å². The lowest BCUT2D eigenvalue weighted by molar-refractivity contribution is -0.128. The predicted molar refractivity (Wildman–Crippen MR) is 121 cm³/mol. The molecular formula is C23H23N3O6S. The maximum Gasteiger partial charge on any atom is 0.241 e. The minimum Gasteiger partial charge on any atom is -0.454 e. The highest BCUT2D eigenvalue weighted by atomic mass is 32.1. The van der Waals surface area contributed by atoms with Gasteiger partial charge in [-0.1, -0.05) is 12.5 Å². The van der Waals surface area contributed by atoms with E-state index in [2.05, 4.69) is 10.3 Å². The number of nitrogens with one attached hydrogen (secondary N) is 1. The van der Waals surface area contributed by atoms with Crippen molar-refractivity contribution in [3.63, 3.8) is 0 Å². The van der Waals surface area contributed by atoms with Crippen LogP contribution in [0.1, 0.15) is 31.2 Å². The molecule has 10 heteroatoms. The molecule has 1 aliphatic carbocycles. The largest absolute Gasteiger partial charge is 0.454 e. The summed E-state index contributed by atoms with van der Waals surface area (Å²) in [7, 11) is 0. The van der Waals surface area contributed by atoms with Gasteiger partial charge >= 0.3 is 0 Å². The molecule has 1 saturated heterocycles. The molecule has 1 aromatic carbocycles. The first-order valence-electron chi connectivity index (χ1n) is 10.9. The van der Waals surface area contributed by atoms with Crippen LogP contribution >= 0.6 is 12.2 Å². The number of ether oxygens (including phenoxy) is 4. The molecule has 0 aromatic heterocycles. The number of allylic oxidation sites excluding steroid dienone is 1. The molecule has 3 heterocycles. The molecule has 0 radical (unpaired) electrons. The minimum absolute atomic E-state index is 0.0123. The van der Waals surface area contributed by atoms with Crippen LogP contribution in [0.4, 0.5) is 0 Å². The second-order valence-electron chi connectivity index (χ2n) is 8.01. The molecule has 1 fully saturated rings. The van der Waals surface area contributed by atoms with Crippen LogP contribution in [-0.4, -0.2) is 47.7 Å². The number of amides is 2. The van der Waals surface area contributed by atoms with Crippen LogP contribution in [0, 0.1) is 5.92 Å². The molecule has 172 valence electrons. The van der Waals surface area contributed by atoms with E-state index in [1.807, 2.05) is 18.2 Å². The summed E-state index contributed by atoms with van der Waals surface area (Å²) < 4.78 is 21.4. The highest BCUT2D eigenvalue weighted by Crippen LogP contribution is 2.33. The Morgan fingerprint density at radius 3 is 2.82 bits per heavy atom. The zero-order chi connectivity index (χ0) is 22.8. The second-order valence-corrected chi connectivity index (χ2v) is 8.37. The topological polar surface area (TPSA) is 98.7 Å². The van der Waals surface area contributed by atoms with Crippen molar-refractivity contribution < 1.29 is 28.5 Å². The summed E-state index contributed by atoms with van der Waals surface area (Å²) in [5, 5.41) is 3.19. The molecule has 33 heavy (non-hydrogen) atoms. The van der Waals surface area contributed by atoms with Gasteiger partial charge in [-0.05, 0) is 48.8 Å². The van der Waals surface area contributed by atoms with Crippen molar-refractivity contribution in [1.29, 1.82) is 0 Å². The Bertz CT molecular complexity index is 1100. The predicted octanol–water partition coefficient (Wildman–Crippen LogP) is 2.56. The van der Waals surface area contributed by atoms with Gasteiger partial charge in [0.2, 0.25) is 30.5 Å². The molecule has 3 aliphatic heterocycles. The number of carbonyl (C=O) groups is 2. The smallest absolute Gasteiger partial charge is 0.241 e. The van der Waals surface area contributed by atoms with Crippen LogP contribution in [0.2, 0.25) is 0 Å². The number of aliphatic imine (C=N–C) groups is 1. The van der Waals surface area contributed by atoms with Crippen LogP contribution in [0.15, 0.2) is 46.9 Å². The number of benzene rings is 1. The molecule has 9 nitrogen and oxygen atoms in total. The fourth-order valence-corrected chi connectivity index (χ4v) is 4.30. The molecule has 1 N–H and O–H groups in total. The Balaban J connectivity index is 1.04. The number of hydrogen-bond donors (Lipinski definition) is 1. The number of fused-ring (bicyclic) bond motifs is 3. The summed E-state index contributed by atoms with van der Waals surface area (Å²) in [6, 6.07) is 5.63. The lowest BCUT2D eigenvalue weighted by atomic mass is 9.93. The van der Waals surface area contributed by atoms with Gasteiger partial charge < -0.3 is 24.3 Å². The van der Waals surface area contributed by atoms with Crippen molar-refractivity contribution in [1.82, 2.24) is 10.2 Å². The Labute approximate surface area is 196 Å². The maximum atomic E-state index is 12.9. The van der Waals surface area contributed by atoms with E-state index in [4.69, 9.17) is 31.2 Å². The average Bonchev–Trinajstić information content (AvgIpc) is 3.46. The molecule has 2 amide bonds. The fourth-order valence-electron chi connectivity index (χ4n) is 4.01. The van der Waals surface area contributed by atoms with E-state index in [0.29, 0.717) is 42.5 Å². The molecule has 1 aromatic rings. The van der Waals surface area contributed by atoms with E-state index >= 15 is 0 Å². The van der Waals surface area contributed by atoms with E-state index in [1.165, 1.54) is 4.90 Å². The van der Waals surface area contributed by atoms with Crippen LogP contribution < -0.4 is 14.8 Å². The van der Waals surface area contributed by atoms with Gasteiger partial charge in [0.05, 0.1) is 5.71 Å². The van der Waals surface area contributed by atoms with Crippen LogP contribution in [0.3, 0.4) is 0 Å². The minimum atomic E-state index is -0.501. The van der Waals surface area contributed by atoms with E-state index in [1.54, 1.807) is 12.2 Å². The Kier molecular flexibility index (Phi) is 5.99. The summed E-state index contributed by atoms with van der Waals surface area (Å²) in [6.45, 7) is 1.28. The summed E-state index contributed by atoms with van der Waals surface area (Å²) in [6.07, 6.45) is 6.13. The van der Waals surface area contributed by atoms with Crippen LogP contribution in [-0.2, 0) is 25.6 Å². The highest BCUT2D eigenvalue weighted by molar-refractivity contribution is 7.80. The van der Waals surface area contributed by atoms with Gasteiger partial charge in [0.15, 0.2) is 23.0 Å². The molecule has 0 spiro atoms. The van der Waals surface area contributed by atoms with Gasteiger partial charge in [-0.15, -0.1) is 0 Å². The van der Waals surface area contributed by atoms with E-state index in [9.17, 15) is 9.59 Å². The highest BCUT2D eigenvalue weighted by Gasteiger charge is 2.38. The quantitative estimate of drug-likeness (QED) is 0.462. The third-order valence-corrected chi connectivity index (χ3v) is 6.10. The number of nitrogens with zero attached hydrogens (tertiary/aromatic N) is 2. The van der Waals surface area contributed by atoms with Gasteiger partial charge in [-0.25, -0.2) is 4.99 Å². The van der Waals surface area contributed by atoms with E-state index < -0.39 is 5.92 Å². The molecule has 0 bridgehead atoms. The average molecular weight is 470 g/mol. The standard InChI is InChI=1S/C23H23N3O6S/c27-21(24-11-14-5-6-17-18(8-14)30-12-29-17)4-2-1-3-7-26-22(28)15-9-19-20(32-13-31-19)10-16(15)25-23(26)33/h5-6,8-10,15H,1-4,7,11-13H2,(H,24,27). The molecule has 5 rings (SSSR count). The first kappa shape index (κ1) is 21.4. The van der Waals surface area contributed by atoms with Crippen molar-refractivity contribution in [2.75, 3.05) is 20.1 Å². The summed E-state index contributed by atoms with van der Waals surface area (Å²) in [4.78, 5) is 31.0. The zero-order valence-corrected chi connectivity index (χ0v) is 18.7. The van der Waals surface area contributed by atoms with Crippen molar-refractivity contribution in [3.05, 3.63) is 47.4 Å². The summed E-state index contributed by atoms with van der Waals surface area (Å²) in [5.74, 6) is 1.97. The van der Waals surface area contributed by atoms with E-state index in [-0.39, 0.29) is 30.5 Å². The number of thiocarbonyl (C=S) groups is 1.